The Bertz CT molecular complexity index is 279. The zero-order valence-corrected chi connectivity index (χ0v) is 12.3. The van der Waals surface area contributed by atoms with Crippen LogP contribution in [0.4, 0.5) is 0 Å². The van der Waals surface area contributed by atoms with Crippen molar-refractivity contribution in [1.82, 2.24) is 9.80 Å². The highest BCUT2D eigenvalue weighted by Crippen LogP contribution is 2.22. The summed E-state index contributed by atoms with van der Waals surface area (Å²) in [6.07, 6.45) is 3.04. The molecule has 0 aromatic rings. The van der Waals surface area contributed by atoms with Gasteiger partial charge in [0.25, 0.3) is 0 Å². The van der Waals surface area contributed by atoms with Crippen LogP contribution in [0.25, 0.3) is 0 Å². The molecular weight excluding hydrogens is 228 g/mol. The molecular formula is C14H28N2O2. The molecule has 0 aromatic carbocycles. The lowest BCUT2D eigenvalue weighted by Crippen LogP contribution is -2.42. The third kappa shape index (κ3) is 4.25. The fraction of sp³-hybridized carbons (Fsp3) is 0.929. The van der Waals surface area contributed by atoms with Gasteiger partial charge in [-0.3, -0.25) is 9.69 Å². The van der Waals surface area contributed by atoms with Gasteiger partial charge >= 0.3 is 5.97 Å². The predicted octanol–water partition coefficient (Wildman–Crippen LogP) is 1.90. The third-order valence-electron chi connectivity index (χ3n) is 4.10. The number of carboxylic acid groups (broad SMARTS) is 1. The molecule has 0 aromatic heterocycles. The average molecular weight is 256 g/mol. The summed E-state index contributed by atoms with van der Waals surface area (Å²) in [4.78, 5) is 16.0. The van der Waals surface area contributed by atoms with Crippen molar-refractivity contribution in [3.63, 3.8) is 0 Å². The van der Waals surface area contributed by atoms with Crippen LogP contribution in [-0.4, -0.2) is 60.1 Å². The lowest BCUT2D eigenvalue weighted by atomic mass is 9.89. The molecule has 0 aliphatic carbocycles. The molecule has 1 N–H and O–H groups in total. The number of rotatable bonds is 5. The summed E-state index contributed by atoms with van der Waals surface area (Å²) in [6.45, 7) is 10.1. The highest BCUT2D eigenvalue weighted by atomic mass is 16.4. The van der Waals surface area contributed by atoms with Crippen LogP contribution in [0.15, 0.2) is 0 Å². The summed E-state index contributed by atoms with van der Waals surface area (Å²) >= 11 is 0. The van der Waals surface area contributed by atoms with Crippen LogP contribution in [0.3, 0.4) is 0 Å². The molecule has 0 saturated carbocycles. The van der Waals surface area contributed by atoms with Crippen LogP contribution in [0.5, 0.6) is 0 Å². The lowest BCUT2D eigenvalue weighted by molar-refractivity contribution is -0.147. The van der Waals surface area contributed by atoms with Gasteiger partial charge in [0.15, 0.2) is 0 Å². The molecule has 1 saturated heterocycles. The second-order valence-corrected chi connectivity index (χ2v) is 6.15. The molecule has 0 spiro atoms. The first-order valence-electron chi connectivity index (χ1n) is 7.03. The maximum atomic E-state index is 11.1. The van der Waals surface area contributed by atoms with Crippen molar-refractivity contribution in [2.45, 2.75) is 46.1 Å². The largest absolute Gasteiger partial charge is 0.481 e. The van der Waals surface area contributed by atoms with E-state index in [-0.39, 0.29) is 0 Å². The molecule has 1 aliphatic heterocycles. The van der Waals surface area contributed by atoms with Crippen molar-refractivity contribution in [2.24, 2.45) is 5.41 Å². The van der Waals surface area contributed by atoms with E-state index in [1.54, 1.807) is 0 Å². The van der Waals surface area contributed by atoms with Crippen LogP contribution in [0.1, 0.15) is 40.0 Å². The number of nitrogens with zero attached hydrogens (tertiary/aromatic N) is 2. The number of carbonyl (C=O) groups is 1. The van der Waals surface area contributed by atoms with Crippen LogP contribution in [0.2, 0.25) is 0 Å². The Kier molecular flexibility index (Phi) is 5.60. The van der Waals surface area contributed by atoms with Crippen LogP contribution >= 0.6 is 0 Å². The van der Waals surface area contributed by atoms with E-state index in [2.05, 4.69) is 23.8 Å². The van der Waals surface area contributed by atoms with Crippen molar-refractivity contribution in [3.8, 4) is 0 Å². The normalized spacial score (nSPS) is 23.9. The Morgan fingerprint density at radius 2 is 2.06 bits per heavy atom. The second kappa shape index (κ2) is 6.53. The van der Waals surface area contributed by atoms with Gasteiger partial charge in [-0.25, -0.2) is 0 Å². The van der Waals surface area contributed by atoms with Gasteiger partial charge in [-0.1, -0.05) is 6.92 Å². The van der Waals surface area contributed by atoms with E-state index >= 15 is 0 Å². The maximum absolute atomic E-state index is 11.1. The van der Waals surface area contributed by atoms with Gasteiger partial charge < -0.3 is 10.0 Å². The zero-order chi connectivity index (χ0) is 13.8. The monoisotopic (exact) mass is 256 g/mol. The molecule has 0 bridgehead atoms. The Hall–Kier alpha value is -0.610. The molecule has 0 amide bonds. The Balaban J connectivity index is 2.55. The quantitative estimate of drug-likeness (QED) is 0.816. The van der Waals surface area contributed by atoms with E-state index in [1.807, 2.05) is 13.8 Å². The number of hydrogen-bond acceptors (Lipinski definition) is 3. The van der Waals surface area contributed by atoms with E-state index in [0.717, 1.165) is 39.0 Å². The van der Waals surface area contributed by atoms with E-state index < -0.39 is 11.4 Å². The predicted molar refractivity (Wildman–Crippen MR) is 73.8 cm³/mol. The first-order chi connectivity index (χ1) is 8.36. The molecule has 106 valence electrons. The first kappa shape index (κ1) is 15.4. The molecule has 4 nitrogen and oxygen atoms in total. The Morgan fingerprint density at radius 1 is 1.39 bits per heavy atom. The number of aliphatic carboxylic acids is 1. The maximum Gasteiger partial charge on any atom is 0.309 e. The van der Waals surface area contributed by atoms with Gasteiger partial charge in [-0.05, 0) is 59.8 Å². The summed E-state index contributed by atoms with van der Waals surface area (Å²) in [5.41, 5.74) is -0.615. The van der Waals surface area contributed by atoms with Crippen molar-refractivity contribution in [1.29, 1.82) is 0 Å². The minimum atomic E-state index is -0.692. The van der Waals surface area contributed by atoms with Gasteiger partial charge in [0.05, 0.1) is 5.41 Å². The summed E-state index contributed by atoms with van der Waals surface area (Å²) in [6, 6.07) is 0.571. The second-order valence-electron chi connectivity index (χ2n) is 6.15. The fourth-order valence-electron chi connectivity index (χ4n) is 2.50. The highest BCUT2D eigenvalue weighted by Gasteiger charge is 2.29. The molecule has 4 heteroatoms. The number of hydrogen-bond donors (Lipinski definition) is 1. The molecule has 1 heterocycles. The molecule has 1 unspecified atom stereocenters. The summed E-state index contributed by atoms with van der Waals surface area (Å²) < 4.78 is 0. The first-order valence-corrected chi connectivity index (χ1v) is 7.03. The van der Waals surface area contributed by atoms with Gasteiger partial charge in [-0.2, -0.15) is 0 Å². The van der Waals surface area contributed by atoms with Crippen molar-refractivity contribution < 1.29 is 9.90 Å². The summed E-state index contributed by atoms with van der Waals surface area (Å²) in [5.74, 6) is -0.692. The van der Waals surface area contributed by atoms with E-state index in [9.17, 15) is 4.79 Å². The van der Waals surface area contributed by atoms with Crippen LogP contribution in [-0.2, 0) is 4.79 Å². The van der Waals surface area contributed by atoms with E-state index in [0.29, 0.717) is 6.04 Å². The van der Waals surface area contributed by atoms with Gasteiger partial charge in [0, 0.05) is 12.6 Å². The smallest absolute Gasteiger partial charge is 0.309 e. The molecule has 0 radical (unpaired) electrons. The third-order valence-corrected chi connectivity index (χ3v) is 4.10. The lowest BCUT2D eigenvalue weighted by Gasteiger charge is -2.32. The highest BCUT2D eigenvalue weighted by molar-refractivity contribution is 5.73. The van der Waals surface area contributed by atoms with Gasteiger partial charge in [0.1, 0.15) is 0 Å². The zero-order valence-electron chi connectivity index (χ0n) is 12.3. The van der Waals surface area contributed by atoms with Crippen molar-refractivity contribution in [3.05, 3.63) is 0 Å². The fourth-order valence-corrected chi connectivity index (χ4v) is 2.50. The van der Waals surface area contributed by atoms with E-state index in [1.165, 1.54) is 6.42 Å². The molecule has 1 aliphatic rings. The average Bonchev–Trinajstić information content (AvgIpc) is 2.47. The van der Waals surface area contributed by atoms with Crippen LogP contribution in [0, 0.1) is 5.41 Å². The van der Waals surface area contributed by atoms with Gasteiger partial charge in [-0.15, -0.1) is 0 Å². The molecule has 1 rings (SSSR count). The number of likely N-dealkylation sites (N-methyl/N-ethyl adjacent to an activating group) is 1. The number of carboxylic acids is 1. The molecule has 1 atom stereocenters. The Morgan fingerprint density at radius 3 is 2.61 bits per heavy atom. The topological polar surface area (TPSA) is 43.8 Å². The molecule has 18 heavy (non-hydrogen) atoms. The standard InChI is InChI=1S/C14H28N2O2/c1-5-12-11-15(4)8-6-9-16(12)10-7-14(2,3)13(17)18/h12H,5-11H2,1-4H3,(H,17,18). The SMILES string of the molecule is CCC1CN(C)CCCN1CCC(C)(C)C(=O)O. The van der Waals surface area contributed by atoms with Gasteiger partial charge in [0.2, 0.25) is 0 Å². The molecule has 1 fully saturated rings. The van der Waals surface area contributed by atoms with Crippen molar-refractivity contribution in [2.75, 3.05) is 33.2 Å². The van der Waals surface area contributed by atoms with E-state index in [4.69, 9.17) is 5.11 Å². The minimum Gasteiger partial charge on any atom is -0.481 e. The summed E-state index contributed by atoms with van der Waals surface area (Å²) in [5, 5.41) is 9.16. The summed E-state index contributed by atoms with van der Waals surface area (Å²) in [7, 11) is 2.17. The minimum absolute atomic E-state index is 0.571. The Labute approximate surface area is 111 Å². The van der Waals surface area contributed by atoms with Crippen LogP contribution < -0.4 is 0 Å². The van der Waals surface area contributed by atoms with Crippen molar-refractivity contribution >= 4 is 5.97 Å².